The van der Waals surface area contributed by atoms with Gasteiger partial charge in [0.15, 0.2) is 0 Å². The summed E-state index contributed by atoms with van der Waals surface area (Å²) in [7, 11) is 1.68. The van der Waals surface area contributed by atoms with Crippen molar-refractivity contribution in [2.45, 2.75) is 32.3 Å². The zero-order valence-electron chi connectivity index (χ0n) is 11.9. The first kappa shape index (κ1) is 15.3. The summed E-state index contributed by atoms with van der Waals surface area (Å²) >= 11 is 3.45. The standard InChI is InChI=1S/C15H20BrNO3/c1-11-10-17(15(18)5-3-4-8-19-2)13-9-12(16)6-7-14(13)20-11/h6-7,9,11H,3-5,8,10H2,1-2H3/t11-/m0/s1. The summed E-state index contributed by atoms with van der Waals surface area (Å²) in [5.41, 5.74) is 0.856. The highest BCUT2D eigenvalue weighted by Crippen LogP contribution is 2.36. The minimum absolute atomic E-state index is 0.0200. The molecular weight excluding hydrogens is 322 g/mol. The third-order valence-corrected chi connectivity index (χ3v) is 3.76. The van der Waals surface area contributed by atoms with E-state index in [0.717, 1.165) is 28.8 Å². The highest BCUT2D eigenvalue weighted by Gasteiger charge is 2.27. The van der Waals surface area contributed by atoms with E-state index in [1.165, 1.54) is 0 Å². The topological polar surface area (TPSA) is 38.8 Å². The molecule has 0 spiro atoms. The number of fused-ring (bicyclic) bond motifs is 1. The number of amides is 1. The van der Waals surface area contributed by atoms with Crippen LogP contribution >= 0.6 is 15.9 Å². The Hall–Kier alpha value is -1.07. The molecule has 110 valence electrons. The molecule has 0 bridgehead atoms. The molecule has 2 rings (SSSR count). The summed E-state index contributed by atoms with van der Waals surface area (Å²) < 4.78 is 11.7. The van der Waals surface area contributed by atoms with Crippen LogP contribution < -0.4 is 9.64 Å². The predicted molar refractivity (Wildman–Crippen MR) is 82.3 cm³/mol. The Bertz CT molecular complexity index is 478. The number of ether oxygens (including phenoxy) is 2. The first-order valence-corrected chi connectivity index (χ1v) is 7.66. The van der Waals surface area contributed by atoms with Crippen molar-refractivity contribution in [2.75, 3.05) is 25.2 Å². The summed E-state index contributed by atoms with van der Waals surface area (Å²) in [5, 5.41) is 0. The molecule has 0 radical (unpaired) electrons. The second-order valence-electron chi connectivity index (χ2n) is 4.99. The van der Waals surface area contributed by atoms with E-state index in [-0.39, 0.29) is 12.0 Å². The van der Waals surface area contributed by atoms with E-state index >= 15 is 0 Å². The lowest BCUT2D eigenvalue weighted by Crippen LogP contribution is -2.42. The minimum atomic E-state index is 0.0200. The van der Waals surface area contributed by atoms with Crippen LogP contribution in [0.25, 0.3) is 0 Å². The third-order valence-electron chi connectivity index (χ3n) is 3.27. The Morgan fingerprint density at radius 3 is 3.05 bits per heavy atom. The van der Waals surface area contributed by atoms with Crippen LogP contribution in [0.5, 0.6) is 5.75 Å². The van der Waals surface area contributed by atoms with E-state index in [4.69, 9.17) is 9.47 Å². The van der Waals surface area contributed by atoms with Gasteiger partial charge in [0.1, 0.15) is 11.9 Å². The number of anilines is 1. The number of hydrogen-bond donors (Lipinski definition) is 0. The molecule has 1 atom stereocenters. The first-order chi connectivity index (χ1) is 9.61. The number of nitrogens with zero attached hydrogens (tertiary/aromatic N) is 1. The first-order valence-electron chi connectivity index (χ1n) is 6.87. The van der Waals surface area contributed by atoms with Crippen LogP contribution in [0.3, 0.4) is 0 Å². The zero-order chi connectivity index (χ0) is 14.5. The van der Waals surface area contributed by atoms with Crippen molar-refractivity contribution in [1.29, 1.82) is 0 Å². The van der Waals surface area contributed by atoms with Crippen LogP contribution in [0.4, 0.5) is 5.69 Å². The second-order valence-corrected chi connectivity index (χ2v) is 5.91. The van der Waals surface area contributed by atoms with Gasteiger partial charge < -0.3 is 14.4 Å². The van der Waals surface area contributed by atoms with Crippen molar-refractivity contribution in [3.8, 4) is 5.75 Å². The Balaban J connectivity index is 2.08. The van der Waals surface area contributed by atoms with Gasteiger partial charge in [0.05, 0.1) is 12.2 Å². The van der Waals surface area contributed by atoms with E-state index in [9.17, 15) is 4.79 Å². The molecule has 5 heteroatoms. The quantitative estimate of drug-likeness (QED) is 0.770. The molecule has 0 fully saturated rings. The fraction of sp³-hybridized carbons (Fsp3) is 0.533. The van der Waals surface area contributed by atoms with E-state index < -0.39 is 0 Å². The lowest BCUT2D eigenvalue weighted by molar-refractivity contribution is -0.119. The number of benzene rings is 1. The maximum absolute atomic E-state index is 12.4. The van der Waals surface area contributed by atoms with Crippen molar-refractivity contribution in [3.05, 3.63) is 22.7 Å². The van der Waals surface area contributed by atoms with Crippen LogP contribution in [0, 0.1) is 0 Å². The highest BCUT2D eigenvalue weighted by atomic mass is 79.9. The van der Waals surface area contributed by atoms with E-state index in [1.54, 1.807) is 7.11 Å². The van der Waals surface area contributed by atoms with Crippen molar-refractivity contribution in [2.24, 2.45) is 0 Å². The van der Waals surface area contributed by atoms with E-state index in [1.807, 2.05) is 30.0 Å². The number of hydrogen-bond acceptors (Lipinski definition) is 3. The molecule has 1 aliphatic heterocycles. The number of methoxy groups -OCH3 is 1. The lowest BCUT2D eigenvalue weighted by atomic mass is 10.1. The normalized spacial score (nSPS) is 17.6. The summed E-state index contributed by atoms with van der Waals surface area (Å²) in [5.74, 6) is 0.924. The number of halogens is 1. The predicted octanol–water partition coefficient (Wildman–Crippen LogP) is 3.38. The van der Waals surface area contributed by atoms with Crippen molar-refractivity contribution < 1.29 is 14.3 Å². The number of carbonyl (C=O) groups is 1. The van der Waals surface area contributed by atoms with Crippen molar-refractivity contribution in [3.63, 3.8) is 0 Å². The molecule has 0 aliphatic carbocycles. The lowest BCUT2D eigenvalue weighted by Gasteiger charge is -2.33. The SMILES string of the molecule is COCCCCC(=O)N1C[C@H](C)Oc2ccc(Br)cc21. The maximum atomic E-state index is 12.4. The van der Waals surface area contributed by atoms with Gasteiger partial charge in [-0.25, -0.2) is 0 Å². The summed E-state index contributed by atoms with van der Waals surface area (Å²) in [6.45, 7) is 3.29. The van der Waals surface area contributed by atoms with Gasteiger partial charge in [-0.1, -0.05) is 15.9 Å². The summed E-state index contributed by atoms with van der Waals surface area (Å²) in [4.78, 5) is 14.2. The third kappa shape index (κ3) is 3.73. The fourth-order valence-corrected chi connectivity index (χ4v) is 2.65. The van der Waals surface area contributed by atoms with Crippen LogP contribution in [0.15, 0.2) is 22.7 Å². The average Bonchev–Trinajstić information content (AvgIpc) is 2.43. The van der Waals surface area contributed by atoms with Crippen LogP contribution in [0.1, 0.15) is 26.2 Å². The van der Waals surface area contributed by atoms with Gasteiger partial charge in [-0.05, 0) is 38.0 Å². The molecule has 0 aromatic heterocycles. The molecular formula is C15H20BrNO3. The molecule has 0 unspecified atom stereocenters. The second kappa shape index (κ2) is 7.09. The van der Waals surface area contributed by atoms with Crippen LogP contribution in [-0.2, 0) is 9.53 Å². The van der Waals surface area contributed by atoms with Crippen LogP contribution in [-0.4, -0.2) is 32.3 Å². The molecule has 20 heavy (non-hydrogen) atoms. The molecule has 4 nitrogen and oxygen atoms in total. The molecule has 1 aliphatic rings. The van der Waals surface area contributed by atoms with Crippen molar-refractivity contribution >= 4 is 27.5 Å². The molecule has 1 aromatic carbocycles. The van der Waals surface area contributed by atoms with Gasteiger partial charge in [0, 0.05) is 24.6 Å². The Morgan fingerprint density at radius 1 is 1.50 bits per heavy atom. The fourth-order valence-electron chi connectivity index (χ4n) is 2.30. The van der Waals surface area contributed by atoms with E-state index in [2.05, 4.69) is 15.9 Å². The number of carbonyl (C=O) groups excluding carboxylic acids is 1. The Labute approximate surface area is 128 Å². The smallest absolute Gasteiger partial charge is 0.227 e. The largest absolute Gasteiger partial charge is 0.487 e. The maximum Gasteiger partial charge on any atom is 0.227 e. The molecule has 1 heterocycles. The Kier molecular flexibility index (Phi) is 5.43. The average molecular weight is 342 g/mol. The zero-order valence-corrected chi connectivity index (χ0v) is 13.5. The summed E-state index contributed by atoms with van der Waals surface area (Å²) in [6.07, 6.45) is 2.32. The molecule has 0 N–H and O–H groups in total. The van der Waals surface area contributed by atoms with Gasteiger partial charge in [0.25, 0.3) is 0 Å². The van der Waals surface area contributed by atoms with Crippen LogP contribution in [0.2, 0.25) is 0 Å². The van der Waals surface area contributed by atoms with Crippen molar-refractivity contribution in [1.82, 2.24) is 0 Å². The van der Waals surface area contributed by atoms with E-state index in [0.29, 0.717) is 19.6 Å². The molecule has 1 aromatic rings. The highest BCUT2D eigenvalue weighted by molar-refractivity contribution is 9.10. The minimum Gasteiger partial charge on any atom is -0.487 e. The van der Waals surface area contributed by atoms with Gasteiger partial charge in [-0.3, -0.25) is 4.79 Å². The van der Waals surface area contributed by atoms with Gasteiger partial charge in [-0.2, -0.15) is 0 Å². The molecule has 1 amide bonds. The Morgan fingerprint density at radius 2 is 2.30 bits per heavy atom. The monoisotopic (exact) mass is 341 g/mol. The van der Waals surface area contributed by atoms with Gasteiger partial charge in [0.2, 0.25) is 5.91 Å². The van der Waals surface area contributed by atoms with Gasteiger partial charge in [-0.15, -0.1) is 0 Å². The molecule has 0 saturated heterocycles. The summed E-state index contributed by atoms with van der Waals surface area (Å²) in [6, 6.07) is 5.77. The number of unbranched alkanes of at least 4 members (excludes halogenated alkanes) is 1. The van der Waals surface area contributed by atoms with Gasteiger partial charge >= 0.3 is 0 Å². The number of rotatable bonds is 5. The molecule has 0 saturated carbocycles.